The standard InChI is InChI=1S/C24H31N2O5P/c1-23(2,3)22-21(30-20-11-6-12-24(20,22)4)18-9-5-10-19(17-18)31-32(27,28-15-7-13-25)29-16-8-14-26/h5,9-10,17,20H,6-8,11-12,15-16H2,1-4H3. The average molecular weight is 458 g/mol. The molecule has 2 atom stereocenters. The fourth-order valence-electron chi connectivity index (χ4n) is 4.80. The van der Waals surface area contributed by atoms with Crippen molar-refractivity contribution in [3.8, 4) is 17.9 Å². The SMILES string of the molecule is CC(C)(C)C1=C(c2cccc(OP(=O)(OCCC#N)OCCC#N)c2)OC2CCCC12C. The van der Waals surface area contributed by atoms with Crippen molar-refractivity contribution in [2.75, 3.05) is 13.2 Å². The first-order valence-corrected chi connectivity index (χ1v) is 12.4. The Morgan fingerprint density at radius 3 is 2.44 bits per heavy atom. The minimum Gasteiger partial charge on any atom is -0.489 e. The number of phosphoric ester groups is 1. The van der Waals surface area contributed by atoms with Crippen LogP contribution in [0, 0.1) is 33.5 Å². The summed E-state index contributed by atoms with van der Waals surface area (Å²) in [6, 6.07) is 11.1. The third-order valence-corrected chi connectivity index (χ3v) is 7.35. The van der Waals surface area contributed by atoms with Gasteiger partial charge >= 0.3 is 7.82 Å². The summed E-state index contributed by atoms with van der Waals surface area (Å²) in [5.74, 6) is 1.17. The molecular weight excluding hydrogens is 427 g/mol. The lowest BCUT2D eigenvalue weighted by Crippen LogP contribution is -2.30. The third kappa shape index (κ3) is 5.18. The van der Waals surface area contributed by atoms with Gasteiger partial charge in [0.1, 0.15) is 17.6 Å². The van der Waals surface area contributed by atoms with Crippen molar-refractivity contribution in [3.05, 3.63) is 35.4 Å². The Labute approximate surface area is 190 Å². The molecule has 2 aliphatic rings. The first kappa shape index (κ1) is 24.3. The largest absolute Gasteiger partial charge is 0.530 e. The van der Waals surface area contributed by atoms with Crippen LogP contribution < -0.4 is 4.52 Å². The van der Waals surface area contributed by atoms with Crippen molar-refractivity contribution in [2.24, 2.45) is 10.8 Å². The molecular formula is C24H31N2O5P. The number of phosphoric acid groups is 1. The van der Waals surface area contributed by atoms with Gasteiger partial charge in [-0.1, -0.05) is 39.8 Å². The fraction of sp³-hybridized carbons (Fsp3) is 0.583. The molecule has 3 rings (SSSR count). The smallest absolute Gasteiger partial charge is 0.489 e. The Hall–Kier alpha value is -2.31. The van der Waals surface area contributed by atoms with Crippen LogP contribution in [0.15, 0.2) is 29.8 Å². The molecule has 1 fully saturated rings. The lowest BCUT2D eigenvalue weighted by molar-refractivity contribution is 0.116. The van der Waals surface area contributed by atoms with Gasteiger partial charge in [-0.05, 0) is 42.4 Å². The van der Waals surface area contributed by atoms with Crippen LogP contribution in [0.25, 0.3) is 5.76 Å². The van der Waals surface area contributed by atoms with Crippen molar-refractivity contribution in [1.29, 1.82) is 10.5 Å². The molecule has 0 bridgehead atoms. The fourth-order valence-corrected chi connectivity index (χ4v) is 5.98. The summed E-state index contributed by atoms with van der Waals surface area (Å²) in [5, 5.41) is 17.5. The predicted octanol–water partition coefficient (Wildman–Crippen LogP) is 6.38. The second kappa shape index (κ2) is 9.67. The molecule has 0 amide bonds. The molecule has 1 saturated carbocycles. The Morgan fingerprint density at radius 1 is 1.19 bits per heavy atom. The van der Waals surface area contributed by atoms with Crippen LogP contribution in [0.3, 0.4) is 0 Å². The normalized spacial score (nSPS) is 22.8. The molecule has 1 aromatic carbocycles. The van der Waals surface area contributed by atoms with Crippen molar-refractivity contribution in [1.82, 2.24) is 0 Å². The number of nitriles is 2. The predicted molar refractivity (Wildman–Crippen MR) is 120 cm³/mol. The molecule has 0 N–H and O–H groups in total. The Kier molecular flexibility index (Phi) is 7.36. The van der Waals surface area contributed by atoms with E-state index in [1.165, 1.54) is 5.57 Å². The summed E-state index contributed by atoms with van der Waals surface area (Å²) in [5.41, 5.74) is 2.07. The maximum absolute atomic E-state index is 13.1. The zero-order chi connectivity index (χ0) is 23.4. The molecule has 0 spiro atoms. The van der Waals surface area contributed by atoms with E-state index in [4.69, 9.17) is 28.8 Å². The number of benzene rings is 1. The topological polar surface area (TPSA) is 102 Å². The molecule has 1 aromatic rings. The van der Waals surface area contributed by atoms with Gasteiger partial charge in [0.05, 0.1) is 38.2 Å². The first-order valence-electron chi connectivity index (χ1n) is 11.0. The molecule has 0 radical (unpaired) electrons. The lowest BCUT2D eigenvalue weighted by Gasteiger charge is -2.33. The molecule has 8 heteroatoms. The molecule has 32 heavy (non-hydrogen) atoms. The molecule has 1 aliphatic carbocycles. The van der Waals surface area contributed by atoms with Gasteiger partial charge in [0.2, 0.25) is 0 Å². The van der Waals surface area contributed by atoms with E-state index in [0.29, 0.717) is 5.75 Å². The zero-order valence-electron chi connectivity index (χ0n) is 19.2. The summed E-state index contributed by atoms with van der Waals surface area (Å²) in [6.07, 6.45) is 3.53. The van der Waals surface area contributed by atoms with Crippen molar-refractivity contribution >= 4 is 13.6 Å². The molecule has 7 nitrogen and oxygen atoms in total. The van der Waals surface area contributed by atoms with Crippen LogP contribution in [0.4, 0.5) is 0 Å². The zero-order valence-corrected chi connectivity index (χ0v) is 20.1. The van der Waals surface area contributed by atoms with E-state index in [1.54, 1.807) is 12.1 Å². The molecule has 172 valence electrons. The number of ether oxygens (including phenoxy) is 1. The molecule has 0 saturated heterocycles. The van der Waals surface area contributed by atoms with Crippen LogP contribution in [0.2, 0.25) is 0 Å². The number of hydrogen-bond acceptors (Lipinski definition) is 7. The molecule has 0 aromatic heterocycles. The minimum atomic E-state index is -3.99. The van der Waals surface area contributed by atoms with Crippen LogP contribution >= 0.6 is 7.82 Å². The highest BCUT2D eigenvalue weighted by Crippen LogP contribution is 2.59. The van der Waals surface area contributed by atoms with E-state index in [9.17, 15) is 4.57 Å². The Balaban J connectivity index is 1.91. The van der Waals surface area contributed by atoms with Crippen LogP contribution in [0.5, 0.6) is 5.75 Å². The van der Waals surface area contributed by atoms with Gasteiger partial charge in [0.25, 0.3) is 0 Å². The van der Waals surface area contributed by atoms with Gasteiger partial charge in [0, 0.05) is 11.0 Å². The van der Waals surface area contributed by atoms with Gasteiger partial charge in [-0.2, -0.15) is 10.5 Å². The van der Waals surface area contributed by atoms with E-state index >= 15 is 0 Å². The summed E-state index contributed by atoms with van der Waals surface area (Å²) < 4.78 is 35.7. The van der Waals surface area contributed by atoms with Crippen LogP contribution in [0.1, 0.15) is 65.4 Å². The number of fused-ring (bicyclic) bond motifs is 1. The lowest BCUT2D eigenvalue weighted by atomic mass is 9.68. The van der Waals surface area contributed by atoms with E-state index in [1.807, 2.05) is 24.3 Å². The van der Waals surface area contributed by atoms with Gasteiger partial charge in [-0.3, -0.25) is 9.05 Å². The van der Waals surface area contributed by atoms with Gasteiger partial charge in [-0.15, -0.1) is 0 Å². The van der Waals surface area contributed by atoms with Gasteiger partial charge < -0.3 is 9.26 Å². The van der Waals surface area contributed by atoms with Crippen LogP contribution in [-0.2, 0) is 18.3 Å². The van der Waals surface area contributed by atoms with E-state index in [-0.39, 0.29) is 43.0 Å². The third-order valence-electron chi connectivity index (χ3n) is 5.92. The van der Waals surface area contributed by atoms with E-state index < -0.39 is 7.82 Å². The quantitative estimate of drug-likeness (QED) is 0.312. The Morgan fingerprint density at radius 2 is 1.84 bits per heavy atom. The monoisotopic (exact) mass is 458 g/mol. The summed E-state index contributed by atoms with van der Waals surface area (Å²) in [7, 11) is -3.99. The van der Waals surface area contributed by atoms with Crippen molar-refractivity contribution in [3.63, 3.8) is 0 Å². The van der Waals surface area contributed by atoms with Crippen LogP contribution in [-0.4, -0.2) is 19.3 Å². The first-order chi connectivity index (χ1) is 15.1. The Bertz CT molecular complexity index is 977. The van der Waals surface area contributed by atoms with Crippen molar-refractivity contribution < 1.29 is 22.9 Å². The van der Waals surface area contributed by atoms with Gasteiger partial charge in [-0.25, -0.2) is 4.57 Å². The number of nitrogens with zero attached hydrogens (tertiary/aromatic N) is 2. The summed E-state index contributed by atoms with van der Waals surface area (Å²) >= 11 is 0. The average Bonchev–Trinajstić information content (AvgIpc) is 3.21. The summed E-state index contributed by atoms with van der Waals surface area (Å²) in [6.45, 7) is 8.72. The summed E-state index contributed by atoms with van der Waals surface area (Å²) in [4.78, 5) is 0. The number of hydrogen-bond donors (Lipinski definition) is 0. The second-order valence-corrected chi connectivity index (χ2v) is 11.0. The molecule has 1 heterocycles. The second-order valence-electron chi connectivity index (χ2n) is 9.42. The van der Waals surface area contributed by atoms with E-state index in [2.05, 4.69) is 27.7 Å². The highest BCUT2D eigenvalue weighted by atomic mass is 31.2. The van der Waals surface area contributed by atoms with Gasteiger partial charge in [0.15, 0.2) is 0 Å². The number of rotatable bonds is 9. The molecule has 2 unspecified atom stereocenters. The minimum absolute atomic E-state index is 0.000544. The maximum Gasteiger partial charge on any atom is 0.530 e. The maximum atomic E-state index is 13.1. The highest BCUT2D eigenvalue weighted by molar-refractivity contribution is 7.48. The molecule has 1 aliphatic heterocycles. The highest BCUT2D eigenvalue weighted by Gasteiger charge is 2.53. The van der Waals surface area contributed by atoms with Crippen molar-refractivity contribution in [2.45, 2.75) is 65.9 Å². The van der Waals surface area contributed by atoms with E-state index in [0.717, 1.165) is 30.6 Å².